The number of carbonyl (C=O) groups is 1. The first-order valence-electron chi connectivity index (χ1n) is 7.09. The van der Waals surface area contributed by atoms with Crippen molar-refractivity contribution in [3.05, 3.63) is 35.6 Å². The molecule has 1 fully saturated rings. The molecule has 1 heterocycles. The minimum absolute atomic E-state index is 0. The van der Waals surface area contributed by atoms with Crippen LogP contribution in [0.5, 0.6) is 0 Å². The fourth-order valence-electron chi connectivity index (χ4n) is 2.65. The zero-order valence-electron chi connectivity index (χ0n) is 12.4. The third-order valence-electron chi connectivity index (χ3n) is 4.06. The van der Waals surface area contributed by atoms with Gasteiger partial charge in [-0.25, -0.2) is 0 Å². The molecule has 0 atom stereocenters. The maximum atomic E-state index is 12.3. The lowest BCUT2D eigenvalue weighted by Gasteiger charge is -2.21. The number of hydrogen-bond acceptors (Lipinski definition) is 3. The van der Waals surface area contributed by atoms with E-state index in [1.807, 2.05) is 31.3 Å². The number of aryl methyl sites for hydroxylation is 1. The third-order valence-corrected chi connectivity index (χ3v) is 4.06. The molecule has 1 aliphatic carbocycles. The summed E-state index contributed by atoms with van der Waals surface area (Å²) < 4.78 is 5.86. The summed E-state index contributed by atoms with van der Waals surface area (Å²) in [5.41, 5.74) is 7.36. The summed E-state index contributed by atoms with van der Waals surface area (Å²) >= 11 is 0. The van der Waals surface area contributed by atoms with E-state index in [-0.39, 0.29) is 18.3 Å². The van der Waals surface area contributed by atoms with Gasteiger partial charge >= 0.3 is 0 Å². The van der Waals surface area contributed by atoms with Crippen LogP contribution in [0.4, 0.5) is 0 Å². The monoisotopic (exact) mass is 308 g/mol. The van der Waals surface area contributed by atoms with E-state index in [0.29, 0.717) is 6.54 Å². The maximum Gasteiger partial charge on any atom is 0.242 e. The van der Waals surface area contributed by atoms with E-state index in [4.69, 9.17) is 10.2 Å². The lowest BCUT2D eigenvalue weighted by Crippen LogP contribution is -2.43. The predicted octanol–water partition coefficient (Wildman–Crippen LogP) is 2.87. The highest BCUT2D eigenvalue weighted by Gasteiger charge is 2.47. The molecule has 0 radical (unpaired) electrons. The Morgan fingerprint density at radius 2 is 2.05 bits per heavy atom. The summed E-state index contributed by atoms with van der Waals surface area (Å²) in [6.45, 7) is 2.62. The van der Waals surface area contributed by atoms with Gasteiger partial charge in [-0.3, -0.25) is 4.79 Å². The van der Waals surface area contributed by atoms with Crippen LogP contribution in [0, 0.1) is 0 Å². The largest absolute Gasteiger partial charge is 0.461 e. The smallest absolute Gasteiger partial charge is 0.242 e. The summed E-state index contributed by atoms with van der Waals surface area (Å²) in [5.74, 6) is 0.984. The van der Waals surface area contributed by atoms with Gasteiger partial charge < -0.3 is 15.1 Å². The number of nitrogens with zero attached hydrogens (tertiary/aromatic N) is 1. The number of halogens is 1. The Kier molecular flexibility index (Phi) is 4.30. The van der Waals surface area contributed by atoms with Gasteiger partial charge in [0.2, 0.25) is 5.91 Å². The van der Waals surface area contributed by atoms with Crippen LogP contribution in [0.25, 0.3) is 11.0 Å². The molecule has 3 rings (SSSR count). The zero-order chi connectivity index (χ0) is 14.3. The molecule has 0 aliphatic heterocycles. The number of hydrogen-bond donors (Lipinski definition) is 1. The predicted molar refractivity (Wildman–Crippen MR) is 85.5 cm³/mol. The number of benzene rings is 1. The van der Waals surface area contributed by atoms with Crippen molar-refractivity contribution in [1.82, 2.24) is 4.90 Å². The van der Waals surface area contributed by atoms with Crippen molar-refractivity contribution in [3.63, 3.8) is 0 Å². The van der Waals surface area contributed by atoms with Crippen LogP contribution in [-0.2, 0) is 17.8 Å². The summed E-state index contributed by atoms with van der Waals surface area (Å²) in [5, 5.41) is 1.09. The molecule has 1 aromatic carbocycles. The number of likely N-dealkylation sites (N-methyl/N-ethyl adjacent to an activating group) is 1. The Hall–Kier alpha value is -1.52. The second-order valence-corrected chi connectivity index (χ2v) is 5.67. The molecule has 0 bridgehead atoms. The number of rotatable bonds is 4. The summed E-state index contributed by atoms with van der Waals surface area (Å²) in [4.78, 5) is 14.0. The Bertz CT molecular complexity index is 661. The van der Waals surface area contributed by atoms with Gasteiger partial charge in [-0.2, -0.15) is 0 Å². The first-order valence-corrected chi connectivity index (χ1v) is 7.09. The Morgan fingerprint density at radius 1 is 1.38 bits per heavy atom. The molecule has 21 heavy (non-hydrogen) atoms. The molecule has 0 spiro atoms. The second-order valence-electron chi connectivity index (χ2n) is 5.67. The van der Waals surface area contributed by atoms with Gasteiger partial charge in [0.1, 0.15) is 11.3 Å². The van der Waals surface area contributed by atoms with Crippen LogP contribution in [-0.4, -0.2) is 23.4 Å². The van der Waals surface area contributed by atoms with Crippen molar-refractivity contribution in [2.45, 2.75) is 38.3 Å². The number of furan rings is 1. The van der Waals surface area contributed by atoms with Gasteiger partial charge in [-0.05, 0) is 18.9 Å². The fourth-order valence-corrected chi connectivity index (χ4v) is 2.65. The van der Waals surface area contributed by atoms with Crippen LogP contribution in [0.3, 0.4) is 0 Å². The van der Waals surface area contributed by atoms with Crippen molar-refractivity contribution in [3.8, 4) is 0 Å². The molecule has 0 saturated heterocycles. The maximum absolute atomic E-state index is 12.3. The number of nitrogens with two attached hydrogens (primary N) is 1. The van der Waals surface area contributed by atoms with E-state index < -0.39 is 5.54 Å². The van der Waals surface area contributed by atoms with Gasteiger partial charge in [-0.15, -0.1) is 12.4 Å². The highest BCUT2D eigenvalue weighted by Crippen LogP contribution is 2.35. The Morgan fingerprint density at radius 3 is 2.67 bits per heavy atom. The second kappa shape index (κ2) is 5.70. The quantitative estimate of drug-likeness (QED) is 0.945. The highest BCUT2D eigenvalue weighted by atomic mass is 35.5. The van der Waals surface area contributed by atoms with Crippen LogP contribution in [0.2, 0.25) is 0 Å². The van der Waals surface area contributed by atoms with E-state index in [1.54, 1.807) is 4.90 Å². The molecule has 1 aromatic heterocycles. The van der Waals surface area contributed by atoms with Crippen molar-refractivity contribution in [2.75, 3.05) is 7.05 Å². The summed E-state index contributed by atoms with van der Waals surface area (Å²) in [6.07, 6.45) is 2.41. The molecule has 0 unspecified atom stereocenters. The average Bonchev–Trinajstić information content (AvgIpc) is 3.11. The standard InChI is InChI=1S/C16H20N2O2.ClH/c1-3-13-12(11-6-4-5-7-14(11)20-13)10-18(2)15(19)16(17)8-9-16;/h4-7H,3,8-10,17H2,1-2H3;1H. The van der Waals surface area contributed by atoms with Crippen molar-refractivity contribution in [1.29, 1.82) is 0 Å². The SMILES string of the molecule is CCc1oc2ccccc2c1CN(C)C(=O)C1(N)CC1.Cl. The van der Waals surface area contributed by atoms with Gasteiger partial charge in [-0.1, -0.05) is 25.1 Å². The van der Waals surface area contributed by atoms with Crippen LogP contribution >= 0.6 is 12.4 Å². The molecule has 2 aromatic rings. The van der Waals surface area contributed by atoms with Crippen molar-refractivity contribution >= 4 is 29.3 Å². The van der Waals surface area contributed by atoms with E-state index in [9.17, 15) is 4.79 Å². The Balaban J connectivity index is 0.00000161. The van der Waals surface area contributed by atoms with Gasteiger partial charge in [0.15, 0.2) is 0 Å². The normalized spacial score (nSPS) is 15.6. The van der Waals surface area contributed by atoms with Crippen LogP contribution in [0.1, 0.15) is 31.1 Å². The van der Waals surface area contributed by atoms with Gasteiger partial charge in [0.25, 0.3) is 0 Å². The van der Waals surface area contributed by atoms with E-state index in [2.05, 4.69) is 6.92 Å². The van der Waals surface area contributed by atoms with Crippen molar-refractivity contribution < 1.29 is 9.21 Å². The number of para-hydroxylation sites is 1. The molecule has 2 N–H and O–H groups in total. The highest BCUT2D eigenvalue weighted by molar-refractivity contribution is 5.89. The Labute approximate surface area is 130 Å². The van der Waals surface area contributed by atoms with E-state index in [1.165, 1.54) is 0 Å². The third kappa shape index (κ3) is 2.78. The average molecular weight is 309 g/mol. The summed E-state index contributed by atoms with van der Waals surface area (Å²) in [7, 11) is 1.82. The minimum atomic E-state index is -0.610. The topological polar surface area (TPSA) is 59.5 Å². The number of fused-ring (bicyclic) bond motifs is 1. The zero-order valence-corrected chi connectivity index (χ0v) is 13.2. The molecular weight excluding hydrogens is 288 g/mol. The molecule has 114 valence electrons. The van der Waals surface area contributed by atoms with E-state index >= 15 is 0 Å². The number of amides is 1. The lowest BCUT2D eigenvalue weighted by molar-refractivity contribution is -0.132. The molecular formula is C16H21ClN2O2. The number of carbonyl (C=O) groups excluding carboxylic acids is 1. The molecule has 4 nitrogen and oxygen atoms in total. The van der Waals surface area contributed by atoms with Crippen molar-refractivity contribution in [2.24, 2.45) is 5.73 Å². The van der Waals surface area contributed by atoms with Gasteiger partial charge in [0, 0.05) is 31.0 Å². The first-order chi connectivity index (χ1) is 9.55. The van der Waals surface area contributed by atoms with Gasteiger partial charge in [0.05, 0.1) is 5.54 Å². The molecule has 1 saturated carbocycles. The fraction of sp³-hybridized carbons (Fsp3) is 0.438. The summed E-state index contributed by atoms with van der Waals surface area (Å²) in [6, 6.07) is 7.96. The van der Waals surface area contributed by atoms with Crippen LogP contribution in [0.15, 0.2) is 28.7 Å². The minimum Gasteiger partial charge on any atom is -0.461 e. The molecule has 1 amide bonds. The molecule has 1 aliphatic rings. The van der Waals surface area contributed by atoms with Crippen LogP contribution < -0.4 is 5.73 Å². The van der Waals surface area contributed by atoms with E-state index in [0.717, 1.165) is 41.6 Å². The first kappa shape index (κ1) is 15.9. The molecule has 5 heteroatoms. The lowest BCUT2D eigenvalue weighted by atomic mass is 10.1.